The second-order valence-electron chi connectivity index (χ2n) is 5.24. The molecule has 0 aliphatic heterocycles. The molecule has 1 saturated carbocycles. The fourth-order valence-electron chi connectivity index (χ4n) is 2.25. The molecule has 1 aromatic rings. The Labute approximate surface area is 103 Å². The molecule has 2 rings (SSSR count). The highest BCUT2D eigenvalue weighted by molar-refractivity contribution is 5.43. The minimum Gasteiger partial charge on any atom is -0.496 e. The zero-order valence-electron chi connectivity index (χ0n) is 11.0. The van der Waals surface area contributed by atoms with Crippen LogP contribution in [0.15, 0.2) is 12.1 Å². The van der Waals surface area contributed by atoms with Gasteiger partial charge in [0.1, 0.15) is 5.75 Å². The molecule has 0 saturated heterocycles. The summed E-state index contributed by atoms with van der Waals surface area (Å²) in [5.74, 6) is 0.991. The third kappa shape index (κ3) is 2.99. The molecule has 1 aliphatic rings. The minimum absolute atomic E-state index is 0.0616. The van der Waals surface area contributed by atoms with Gasteiger partial charge in [-0.1, -0.05) is 17.7 Å². The quantitative estimate of drug-likeness (QED) is 0.818. The van der Waals surface area contributed by atoms with Crippen molar-refractivity contribution in [3.8, 4) is 5.75 Å². The van der Waals surface area contributed by atoms with Crippen LogP contribution in [0.5, 0.6) is 5.75 Å². The van der Waals surface area contributed by atoms with Crippen molar-refractivity contribution in [2.24, 2.45) is 5.73 Å². The first-order valence-corrected chi connectivity index (χ1v) is 6.18. The van der Waals surface area contributed by atoms with Gasteiger partial charge in [0.15, 0.2) is 0 Å². The van der Waals surface area contributed by atoms with E-state index in [9.17, 15) is 0 Å². The van der Waals surface area contributed by atoms with E-state index in [1.165, 1.54) is 16.7 Å². The number of benzene rings is 1. The summed E-state index contributed by atoms with van der Waals surface area (Å²) in [7, 11) is 1.73. The molecule has 1 fully saturated rings. The highest BCUT2D eigenvalue weighted by Gasteiger charge is 2.37. The van der Waals surface area contributed by atoms with E-state index >= 15 is 0 Å². The van der Waals surface area contributed by atoms with Gasteiger partial charge in [0.25, 0.3) is 0 Å². The van der Waals surface area contributed by atoms with E-state index in [0.717, 1.165) is 31.7 Å². The summed E-state index contributed by atoms with van der Waals surface area (Å²) in [5, 5.41) is 3.43. The van der Waals surface area contributed by atoms with Gasteiger partial charge in [0, 0.05) is 24.2 Å². The number of methoxy groups -OCH3 is 1. The summed E-state index contributed by atoms with van der Waals surface area (Å²) < 4.78 is 5.46. The first kappa shape index (κ1) is 12.4. The highest BCUT2D eigenvalue weighted by Crippen LogP contribution is 2.31. The number of aryl methyl sites for hydroxylation is 2. The number of hydrogen-bond acceptors (Lipinski definition) is 3. The van der Waals surface area contributed by atoms with E-state index in [1.54, 1.807) is 7.11 Å². The maximum Gasteiger partial charge on any atom is 0.126 e. The molecule has 3 heteroatoms. The van der Waals surface area contributed by atoms with Gasteiger partial charge in [-0.15, -0.1) is 0 Å². The third-order valence-corrected chi connectivity index (χ3v) is 3.38. The summed E-state index contributed by atoms with van der Waals surface area (Å²) >= 11 is 0. The summed E-state index contributed by atoms with van der Waals surface area (Å²) in [6, 6.07) is 4.32. The Balaban J connectivity index is 2.03. The van der Waals surface area contributed by atoms with Crippen molar-refractivity contribution in [3.63, 3.8) is 0 Å². The van der Waals surface area contributed by atoms with Gasteiger partial charge in [-0.05, 0) is 32.3 Å². The molecule has 17 heavy (non-hydrogen) atoms. The summed E-state index contributed by atoms with van der Waals surface area (Å²) in [4.78, 5) is 0. The molecule has 0 amide bonds. The maximum atomic E-state index is 6.05. The number of ether oxygens (including phenoxy) is 1. The van der Waals surface area contributed by atoms with Crippen LogP contribution in [0.2, 0.25) is 0 Å². The lowest BCUT2D eigenvalue weighted by molar-refractivity contribution is 0.403. The molecule has 0 aromatic heterocycles. The van der Waals surface area contributed by atoms with Gasteiger partial charge in [0.05, 0.1) is 7.11 Å². The van der Waals surface area contributed by atoms with E-state index < -0.39 is 0 Å². The lowest BCUT2D eigenvalue weighted by Gasteiger charge is -2.15. The predicted octanol–water partition coefficient (Wildman–Crippen LogP) is 1.89. The Bertz CT molecular complexity index is 411. The minimum atomic E-state index is 0.0616. The second-order valence-corrected chi connectivity index (χ2v) is 5.24. The largest absolute Gasteiger partial charge is 0.496 e. The third-order valence-electron chi connectivity index (χ3n) is 3.38. The number of nitrogens with two attached hydrogens (primary N) is 1. The standard InChI is InChI=1S/C14H22N2O/c1-10-6-11(2)13(17-3)12(7-10)8-16-9-14(15)4-5-14/h6-7,16H,4-5,8-9,15H2,1-3H3. The summed E-state index contributed by atoms with van der Waals surface area (Å²) in [6.07, 6.45) is 2.29. The lowest BCUT2D eigenvalue weighted by atomic mass is 10.1. The van der Waals surface area contributed by atoms with Gasteiger partial charge >= 0.3 is 0 Å². The Morgan fingerprint density at radius 1 is 1.35 bits per heavy atom. The molecular weight excluding hydrogens is 212 g/mol. The van der Waals surface area contributed by atoms with Crippen LogP contribution in [0.25, 0.3) is 0 Å². The van der Waals surface area contributed by atoms with Gasteiger partial charge in [-0.2, -0.15) is 0 Å². The molecule has 3 N–H and O–H groups in total. The fourth-order valence-corrected chi connectivity index (χ4v) is 2.25. The highest BCUT2D eigenvalue weighted by atomic mass is 16.5. The van der Waals surface area contributed by atoms with Gasteiger partial charge < -0.3 is 15.8 Å². The van der Waals surface area contributed by atoms with Crippen LogP contribution in [0.1, 0.15) is 29.5 Å². The first-order valence-electron chi connectivity index (χ1n) is 6.18. The second kappa shape index (κ2) is 4.67. The number of nitrogens with one attached hydrogen (secondary N) is 1. The number of rotatable bonds is 5. The molecule has 0 heterocycles. The fraction of sp³-hybridized carbons (Fsp3) is 0.571. The number of hydrogen-bond donors (Lipinski definition) is 2. The van der Waals surface area contributed by atoms with Crippen LogP contribution < -0.4 is 15.8 Å². The normalized spacial score (nSPS) is 16.9. The average Bonchev–Trinajstić information content (AvgIpc) is 2.96. The molecule has 0 bridgehead atoms. The van der Waals surface area contributed by atoms with E-state index in [4.69, 9.17) is 10.5 Å². The summed E-state index contributed by atoms with van der Waals surface area (Å²) in [5.41, 5.74) is 9.79. The van der Waals surface area contributed by atoms with Crippen molar-refractivity contribution in [1.82, 2.24) is 5.32 Å². The zero-order valence-corrected chi connectivity index (χ0v) is 11.0. The van der Waals surface area contributed by atoms with Crippen molar-refractivity contribution in [2.45, 2.75) is 38.8 Å². The van der Waals surface area contributed by atoms with Crippen LogP contribution >= 0.6 is 0 Å². The molecule has 0 radical (unpaired) electrons. The van der Waals surface area contributed by atoms with Crippen LogP contribution in [0.3, 0.4) is 0 Å². The molecule has 0 atom stereocenters. The van der Waals surface area contributed by atoms with Crippen molar-refractivity contribution in [2.75, 3.05) is 13.7 Å². The molecule has 0 unspecified atom stereocenters. The maximum absolute atomic E-state index is 6.05. The van der Waals surface area contributed by atoms with E-state index in [2.05, 4.69) is 31.3 Å². The van der Waals surface area contributed by atoms with Gasteiger partial charge in [0.2, 0.25) is 0 Å². The van der Waals surface area contributed by atoms with E-state index in [-0.39, 0.29) is 5.54 Å². The van der Waals surface area contributed by atoms with Crippen molar-refractivity contribution in [1.29, 1.82) is 0 Å². The van der Waals surface area contributed by atoms with Crippen LogP contribution in [0.4, 0.5) is 0 Å². The SMILES string of the molecule is COc1c(C)cc(C)cc1CNCC1(N)CC1. The Kier molecular flexibility index (Phi) is 3.40. The molecule has 1 aliphatic carbocycles. The smallest absolute Gasteiger partial charge is 0.126 e. The van der Waals surface area contributed by atoms with Gasteiger partial charge in [-0.3, -0.25) is 0 Å². The van der Waals surface area contributed by atoms with E-state index in [0.29, 0.717) is 0 Å². The lowest BCUT2D eigenvalue weighted by Crippen LogP contribution is -2.35. The van der Waals surface area contributed by atoms with Gasteiger partial charge in [-0.25, -0.2) is 0 Å². The molecular formula is C14H22N2O. The first-order chi connectivity index (χ1) is 8.04. The topological polar surface area (TPSA) is 47.3 Å². The molecule has 94 valence electrons. The van der Waals surface area contributed by atoms with Crippen LogP contribution in [-0.2, 0) is 6.54 Å². The van der Waals surface area contributed by atoms with Crippen LogP contribution in [-0.4, -0.2) is 19.2 Å². The van der Waals surface area contributed by atoms with Crippen molar-refractivity contribution >= 4 is 0 Å². The van der Waals surface area contributed by atoms with E-state index in [1.807, 2.05) is 0 Å². The molecule has 1 aromatic carbocycles. The Morgan fingerprint density at radius 2 is 2.06 bits per heavy atom. The predicted molar refractivity (Wildman–Crippen MR) is 70.3 cm³/mol. The molecule has 3 nitrogen and oxygen atoms in total. The molecule has 0 spiro atoms. The summed E-state index contributed by atoms with van der Waals surface area (Å²) in [6.45, 7) is 5.91. The van der Waals surface area contributed by atoms with Crippen LogP contribution in [0, 0.1) is 13.8 Å². The van der Waals surface area contributed by atoms with Crippen molar-refractivity contribution in [3.05, 3.63) is 28.8 Å². The Hall–Kier alpha value is -1.06. The van der Waals surface area contributed by atoms with Crippen molar-refractivity contribution < 1.29 is 4.74 Å². The monoisotopic (exact) mass is 234 g/mol. The Morgan fingerprint density at radius 3 is 2.65 bits per heavy atom. The average molecular weight is 234 g/mol. The zero-order chi connectivity index (χ0) is 12.5.